The minimum Gasteiger partial charge on any atom is -0.341 e. The molecule has 1 saturated heterocycles. The van der Waals surface area contributed by atoms with E-state index in [-0.39, 0.29) is 0 Å². The molecule has 116 valence electrons. The van der Waals surface area contributed by atoms with Crippen molar-refractivity contribution < 1.29 is 4.79 Å². The minimum atomic E-state index is 0.393. The molecule has 0 aromatic carbocycles. The molecule has 0 atom stereocenters. The topological polar surface area (TPSA) is 23.6 Å². The number of nitrogens with zero attached hydrogens (tertiary/aromatic N) is 2. The third-order valence-electron chi connectivity index (χ3n) is 4.78. The largest absolute Gasteiger partial charge is 0.341 e. The summed E-state index contributed by atoms with van der Waals surface area (Å²) in [6.45, 7) is 4.85. The average molecular weight is 301 g/mol. The molecule has 2 rings (SSSR count). The maximum Gasteiger partial charge on any atom is 0.222 e. The molecule has 1 aliphatic carbocycles. The Hall–Kier alpha value is -0.280. The van der Waals surface area contributed by atoms with E-state index in [0.717, 1.165) is 45.6 Å². The van der Waals surface area contributed by atoms with Gasteiger partial charge in [-0.15, -0.1) is 11.6 Å². The van der Waals surface area contributed by atoms with Crippen molar-refractivity contribution in [3.8, 4) is 0 Å². The van der Waals surface area contributed by atoms with Gasteiger partial charge in [-0.05, 0) is 31.7 Å². The number of amides is 1. The first-order valence-electron chi connectivity index (χ1n) is 8.35. The van der Waals surface area contributed by atoms with Crippen LogP contribution >= 0.6 is 11.6 Å². The lowest BCUT2D eigenvalue weighted by Crippen LogP contribution is -2.36. The highest BCUT2D eigenvalue weighted by molar-refractivity contribution is 6.18. The van der Waals surface area contributed by atoms with E-state index >= 15 is 0 Å². The molecule has 0 spiro atoms. The molecule has 1 aliphatic heterocycles. The SMILES string of the molecule is O=C(CC1CCCCCC1)N1CCCN(CCCl)CC1. The molecule has 2 aliphatic rings. The van der Waals surface area contributed by atoms with Gasteiger partial charge < -0.3 is 9.80 Å². The number of carbonyl (C=O) groups is 1. The standard InChI is InChI=1S/C16H29ClN2O/c17-8-11-18-9-5-10-19(13-12-18)16(20)14-15-6-3-1-2-4-7-15/h15H,1-14H2. The second-order valence-corrected chi connectivity index (χ2v) is 6.70. The minimum absolute atomic E-state index is 0.393. The quantitative estimate of drug-likeness (QED) is 0.588. The summed E-state index contributed by atoms with van der Waals surface area (Å²) in [5.74, 6) is 1.73. The predicted octanol–water partition coefficient (Wildman–Crippen LogP) is 3.12. The molecule has 3 nitrogen and oxygen atoms in total. The number of alkyl halides is 1. The lowest BCUT2D eigenvalue weighted by atomic mass is 9.96. The van der Waals surface area contributed by atoms with E-state index in [0.29, 0.717) is 17.7 Å². The van der Waals surface area contributed by atoms with Crippen LogP contribution in [0.15, 0.2) is 0 Å². The van der Waals surface area contributed by atoms with E-state index < -0.39 is 0 Å². The highest BCUT2D eigenvalue weighted by atomic mass is 35.5. The van der Waals surface area contributed by atoms with E-state index in [4.69, 9.17) is 11.6 Å². The van der Waals surface area contributed by atoms with Crippen molar-refractivity contribution >= 4 is 17.5 Å². The Labute approximate surface area is 128 Å². The van der Waals surface area contributed by atoms with E-state index in [2.05, 4.69) is 9.80 Å². The zero-order valence-electron chi connectivity index (χ0n) is 12.7. The van der Waals surface area contributed by atoms with Crippen molar-refractivity contribution in [3.05, 3.63) is 0 Å². The Morgan fingerprint density at radius 3 is 2.40 bits per heavy atom. The molecule has 20 heavy (non-hydrogen) atoms. The second kappa shape index (κ2) is 8.89. The number of hydrogen-bond acceptors (Lipinski definition) is 2. The van der Waals surface area contributed by atoms with Crippen LogP contribution in [0.25, 0.3) is 0 Å². The molecule has 0 N–H and O–H groups in total. The summed E-state index contributed by atoms with van der Waals surface area (Å²) in [6.07, 6.45) is 9.77. The molecule has 4 heteroatoms. The van der Waals surface area contributed by atoms with Crippen LogP contribution < -0.4 is 0 Å². The molecule has 1 heterocycles. The predicted molar refractivity (Wildman–Crippen MR) is 84.2 cm³/mol. The first-order valence-corrected chi connectivity index (χ1v) is 8.89. The van der Waals surface area contributed by atoms with Gasteiger partial charge in [0, 0.05) is 38.5 Å². The Kier molecular flexibility index (Phi) is 7.15. The summed E-state index contributed by atoms with van der Waals surface area (Å²) in [6, 6.07) is 0. The van der Waals surface area contributed by atoms with Crippen LogP contribution in [-0.2, 0) is 4.79 Å². The summed E-state index contributed by atoms with van der Waals surface area (Å²) < 4.78 is 0. The Morgan fingerprint density at radius 2 is 1.70 bits per heavy atom. The Bertz CT molecular complexity index is 290. The van der Waals surface area contributed by atoms with Crippen LogP contribution in [0.5, 0.6) is 0 Å². The lowest BCUT2D eigenvalue weighted by molar-refractivity contribution is -0.132. The van der Waals surface area contributed by atoms with Crippen LogP contribution in [0.1, 0.15) is 51.4 Å². The van der Waals surface area contributed by atoms with Gasteiger partial charge in [-0.2, -0.15) is 0 Å². The maximum absolute atomic E-state index is 12.5. The number of halogens is 1. The van der Waals surface area contributed by atoms with E-state index in [9.17, 15) is 4.79 Å². The fourth-order valence-corrected chi connectivity index (χ4v) is 3.75. The molecular formula is C16H29ClN2O. The van der Waals surface area contributed by atoms with Crippen molar-refractivity contribution in [2.45, 2.75) is 51.4 Å². The molecule has 0 aromatic heterocycles. The molecule has 1 saturated carbocycles. The summed E-state index contributed by atoms with van der Waals surface area (Å²) in [5, 5.41) is 0. The van der Waals surface area contributed by atoms with Gasteiger partial charge in [-0.1, -0.05) is 25.7 Å². The maximum atomic E-state index is 12.5. The summed E-state index contributed by atoms with van der Waals surface area (Å²) in [4.78, 5) is 17.0. The Morgan fingerprint density at radius 1 is 0.950 bits per heavy atom. The van der Waals surface area contributed by atoms with Crippen LogP contribution in [0, 0.1) is 5.92 Å². The van der Waals surface area contributed by atoms with E-state index in [1.165, 1.54) is 38.5 Å². The molecule has 0 radical (unpaired) electrons. The summed E-state index contributed by atoms with van der Waals surface area (Å²) >= 11 is 5.81. The van der Waals surface area contributed by atoms with Crippen LogP contribution in [0.2, 0.25) is 0 Å². The second-order valence-electron chi connectivity index (χ2n) is 6.33. The van der Waals surface area contributed by atoms with Crippen molar-refractivity contribution in [1.29, 1.82) is 0 Å². The smallest absolute Gasteiger partial charge is 0.222 e. The Balaban J connectivity index is 1.76. The zero-order valence-corrected chi connectivity index (χ0v) is 13.4. The summed E-state index contributed by atoms with van der Waals surface area (Å²) in [7, 11) is 0. The average Bonchev–Trinajstić information content (AvgIpc) is 2.82. The lowest BCUT2D eigenvalue weighted by Gasteiger charge is -2.23. The van der Waals surface area contributed by atoms with Gasteiger partial charge >= 0.3 is 0 Å². The van der Waals surface area contributed by atoms with Gasteiger partial charge in [0.2, 0.25) is 5.91 Å². The normalized spacial score (nSPS) is 23.4. The number of carbonyl (C=O) groups excluding carboxylic acids is 1. The van der Waals surface area contributed by atoms with Crippen molar-refractivity contribution in [1.82, 2.24) is 9.80 Å². The molecule has 0 aromatic rings. The van der Waals surface area contributed by atoms with Gasteiger partial charge in [0.25, 0.3) is 0 Å². The third-order valence-corrected chi connectivity index (χ3v) is 4.95. The van der Waals surface area contributed by atoms with Gasteiger partial charge in [0.15, 0.2) is 0 Å². The van der Waals surface area contributed by atoms with Gasteiger partial charge in [-0.25, -0.2) is 0 Å². The van der Waals surface area contributed by atoms with Gasteiger partial charge in [-0.3, -0.25) is 4.79 Å². The third kappa shape index (κ3) is 5.25. The molecular weight excluding hydrogens is 272 g/mol. The molecule has 2 fully saturated rings. The van der Waals surface area contributed by atoms with Crippen LogP contribution in [0.4, 0.5) is 0 Å². The van der Waals surface area contributed by atoms with Crippen LogP contribution in [0.3, 0.4) is 0 Å². The van der Waals surface area contributed by atoms with Crippen LogP contribution in [-0.4, -0.2) is 54.3 Å². The number of hydrogen-bond donors (Lipinski definition) is 0. The highest BCUT2D eigenvalue weighted by Crippen LogP contribution is 2.26. The fraction of sp³-hybridized carbons (Fsp3) is 0.938. The zero-order chi connectivity index (χ0) is 14.2. The fourth-order valence-electron chi connectivity index (χ4n) is 3.51. The van der Waals surface area contributed by atoms with Crippen molar-refractivity contribution in [2.24, 2.45) is 5.92 Å². The summed E-state index contributed by atoms with van der Waals surface area (Å²) in [5.41, 5.74) is 0. The van der Waals surface area contributed by atoms with Crippen molar-refractivity contribution in [2.75, 3.05) is 38.6 Å². The van der Waals surface area contributed by atoms with Gasteiger partial charge in [0.05, 0.1) is 0 Å². The molecule has 1 amide bonds. The monoisotopic (exact) mass is 300 g/mol. The van der Waals surface area contributed by atoms with E-state index in [1.807, 2.05) is 0 Å². The van der Waals surface area contributed by atoms with E-state index in [1.54, 1.807) is 0 Å². The van der Waals surface area contributed by atoms with Crippen molar-refractivity contribution in [3.63, 3.8) is 0 Å². The highest BCUT2D eigenvalue weighted by Gasteiger charge is 2.22. The molecule has 0 bridgehead atoms. The number of rotatable bonds is 4. The molecule has 0 unspecified atom stereocenters. The van der Waals surface area contributed by atoms with Gasteiger partial charge in [0.1, 0.15) is 0 Å². The first kappa shape index (κ1) is 16.1. The first-order chi connectivity index (χ1) is 9.79.